The van der Waals surface area contributed by atoms with E-state index in [2.05, 4.69) is 22.3 Å². The molecular formula is C16H21ClN2O. The summed E-state index contributed by atoms with van der Waals surface area (Å²) in [6.07, 6.45) is 5.92. The van der Waals surface area contributed by atoms with Crippen molar-refractivity contribution in [2.75, 3.05) is 13.1 Å². The van der Waals surface area contributed by atoms with Gasteiger partial charge in [0.1, 0.15) is 5.58 Å². The van der Waals surface area contributed by atoms with Gasteiger partial charge in [-0.05, 0) is 25.3 Å². The summed E-state index contributed by atoms with van der Waals surface area (Å²) < 4.78 is 5.64. The minimum Gasteiger partial charge on any atom is -0.464 e. The number of hydrogen-bond donors (Lipinski definition) is 1. The highest BCUT2D eigenvalue weighted by molar-refractivity contribution is 5.85. The van der Waals surface area contributed by atoms with Crippen molar-refractivity contribution in [1.82, 2.24) is 10.2 Å². The normalized spacial score (nSPS) is 26.4. The zero-order valence-corrected chi connectivity index (χ0v) is 12.4. The first kappa shape index (κ1) is 13.9. The lowest BCUT2D eigenvalue weighted by Crippen LogP contribution is -2.34. The molecule has 1 aromatic heterocycles. The summed E-state index contributed by atoms with van der Waals surface area (Å²) >= 11 is 0. The average molecular weight is 293 g/mol. The fourth-order valence-electron chi connectivity index (χ4n) is 3.56. The van der Waals surface area contributed by atoms with Gasteiger partial charge in [0.05, 0.1) is 6.26 Å². The molecule has 0 amide bonds. The van der Waals surface area contributed by atoms with Crippen LogP contribution in [0.2, 0.25) is 0 Å². The van der Waals surface area contributed by atoms with E-state index >= 15 is 0 Å². The molecular weight excluding hydrogens is 272 g/mol. The minimum atomic E-state index is 0. The molecule has 1 aromatic carbocycles. The minimum absolute atomic E-state index is 0. The number of furan rings is 1. The summed E-state index contributed by atoms with van der Waals surface area (Å²) in [6.45, 7) is 3.39. The Morgan fingerprint density at radius 2 is 2.00 bits per heavy atom. The van der Waals surface area contributed by atoms with Crippen LogP contribution in [0.1, 0.15) is 24.8 Å². The molecule has 2 aliphatic rings. The summed E-state index contributed by atoms with van der Waals surface area (Å²) in [7, 11) is 0. The molecule has 20 heavy (non-hydrogen) atoms. The van der Waals surface area contributed by atoms with Crippen molar-refractivity contribution in [3.8, 4) is 0 Å². The fraction of sp³-hybridized carbons (Fsp3) is 0.500. The largest absolute Gasteiger partial charge is 0.464 e. The number of para-hydroxylation sites is 1. The SMILES string of the molecule is Cl.c1ccc2c(CN3CCC4CCC(C3)N4)coc2c1. The number of likely N-dealkylation sites (tertiary alicyclic amines) is 1. The maximum atomic E-state index is 5.64. The fourth-order valence-corrected chi connectivity index (χ4v) is 3.56. The van der Waals surface area contributed by atoms with E-state index < -0.39 is 0 Å². The first-order valence-electron chi connectivity index (χ1n) is 7.32. The van der Waals surface area contributed by atoms with Crippen molar-refractivity contribution in [1.29, 1.82) is 0 Å². The van der Waals surface area contributed by atoms with Gasteiger partial charge in [-0.2, -0.15) is 0 Å². The van der Waals surface area contributed by atoms with Gasteiger partial charge in [0.2, 0.25) is 0 Å². The first-order chi connectivity index (χ1) is 9.38. The zero-order valence-electron chi connectivity index (χ0n) is 11.5. The smallest absolute Gasteiger partial charge is 0.134 e. The van der Waals surface area contributed by atoms with E-state index in [0.717, 1.165) is 18.2 Å². The van der Waals surface area contributed by atoms with Crippen LogP contribution in [-0.2, 0) is 6.54 Å². The van der Waals surface area contributed by atoms with Crippen molar-refractivity contribution in [2.24, 2.45) is 0 Å². The Hall–Kier alpha value is -1.03. The summed E-state index contributed by atoms with van der Waals surface area (Å²) in [4.78, 5) is 2.58. The van der Waals surface area contributed by atoms with Gasteiger partial charge in [0.15, 0.2) is 0 Å². The molecule has 3 nitrogen and oxygen atoms in total. The Labute approximate surface area is 125 Å². The molecule has 4 heteroatoms. The third-order valence-electron chi connectivity index (χ3n) is 4.56. The third-order valence-corrected chi connectivity index (χ3v) is 4.56. The molecule has 2 bridgehead atoms. The molecule has 1 N–H and O–H groups in total. The molecule has 2 fully saturated rings. The number of hydrogen-bond acceptors (Lipinski definition) is 3. The zero-order chi connectivity index (χ0) is 12.7. The van der Waals surface area contributed by atoms with Crippen molar-refractivity contribution in [3.63, 3.8) is 0 Å². The van der Waals surface area contributed by atoms with Crippen molar-refractivity contribution in [2.45, 2.75) is 37.9 Å². The second-order valence-corrected chi connectivity index (χ2v) is 5.92. The average Bonchev–Trinajstić information content (AvgIpc) is 2.97. The Morgan fingerprint density at radius 3 is 2.95 bits per heavy atom. The number of halogens is 1. The van der Waals surface area contributed by atoms with Crippen molar-refractivity contribution in [3.05, 3.63) is 36.1 Å². The molecule has 108 valence electrons. The molecule has 0 spiro atoms. The predicted molar refractivity (Wildman–Crippen MR) is 83.3 cm³/mol. The van der Waals surface area contributed by atoms with Crippen LogP contribution in [0.3, 0.4) is 0 Å². The van der Waals surface area contributed by atoms with Crippen molar-refractivity contribution < 1.29 is 4.42 Å². The lowest BCUT2D eigenvalue weighted by Gasteiger charge is -2.23. The van der Waals surface area contributed by atoms with Crippen molar-refractivity contribution >= 4 is 23.4 Å². The van der Waals surface area contributed by atoms with Crippen LogP contribution in [0.4, 0.5) is 0 Å². The second-order valence-electron chi connectivity index (χ2n) is 5.92. The molecule has 3 heterocycles. The Balaban J connectivity index is 0.00000121. The summed E-state index contributed by atoms with van der Waals surface area (Å²) in [6, 6.07) is 9.79. The highest BCUT2D eigenvalue weighted by atomic mass is 35.5. The molecule has 2 unspecified atom stereocenters. The van der Waals surface area contributed by atoms with Gasteiger partial charge in [-0.1, -0.05) is 18.2 Å². The van der Waals surface area contributed by atoms with Gasteiger partial charge in [-0.3, -0.25) is 4.90 Å². The number of rotatable bonds is 2. The van der Waals surface area contributed by atoms with Gasteiger partial charge < -0.3 is 9.73 Å². The molecule has 2 saturated heterocycles. The third kappa shape index (κ3) is 2.58. The second kappa shape index (κ2) is 5.76. The van der Waals surface area contributed by atoms with Crippen LogP contribution >= 0.6 is 12.4 Å². The number of benzene rings is 1. The van der Waals surface area contributed by atoms with Crippen LogP contribution in [0, 0.1) is 0 Å². The van der Waals surface area contributed by atoms with Gasteiger partial charge in [-0.15, -0.1) is 12.4 Å². The molecule has 2 atom stereocenters. The Morgan fingerprint density at radius 1 is 1.15 bits per heavy atom. The van der Waals surface area contributed by atoms with E-state index in [-0.39, 0.29) is 12.4 Å². The number of fused-ring (bicyclic) bond motifs is 3. The highest BCUT2D eigenvalue weighted by Gasteiger charge is 2.29. The summed E-state index contributed by atoms with van der Waals surface area (Å²) in [5.41, 5.74) is 2.33. The Kier molecular flexibility index (Phi) is 4.01. The molecule has 0 saturated carbocycles. The topological polar surface area (TPSA) is 28.4 Å². The molecule has 4 rings (SSSR count). The maximum Gasteiger partial charge on any atom is 0.134 e. The molecule has 0 radical (unpaired) electrons. The van der Waals surface area contributed by atoms with E-state index in [0.29, 0.717) is 6.04 Å². The summed E-state index contributed by atoms with van der Waals surface area (Å²) in [5.74, 6) is 0. The molecule has 2 aliphatic heterocycles. The van der Waals surface area contributed by atoms with Gasteiger partial charge in [-0.25, -0.2) is 0 Å². The lowest BCUT2D eigenvalue weighted by molar-refractivity contribution is 0.251. The van der Waals surface area contributed by atoms with E-state index in [1.54, 1.807) is 0 Å². The number of nitrogens with one attached hydrogen (secondary N) is 1. The van der Waals surface area contributed by atoms with Gasteiger partial charge in [0.25, 0.3) is 0 Å². The Bertz CT molecular complexity index is 583. The molecule has 2 aromatic rings. The standard InChI is InChI=1S/C16H20N2O.ClH/c1-2-4-16-15(3-1)12(11-19-16)9-18-8-7-13-5-6-14(10-18)17-13;/h1-4,11,13-14,17H,5-10H2;1H. The van der Waals surface area contributed by atoms with Crippen LogP contribution < -0.4 is 5.32 Å². The van der Waals surface area contributed by atoms with E-state index in [4.69, 9.17) is 4.42 Å². The van der Waals surface area contributed by atoms with Crippen LogP contribution in [0.25, 0.3) is 11.0 Å². The van der Waals surface area contributed by atoms with Gasteiger partial charge >= 0.3 is 0 Å². The van der Waals surface area contributed by atoms with Gasteiger partial charge in [0, 0.05) is 42.7 Å². The maximum absolute atomic E-state index is 5.64. The lowest BCUT2D eigenvalue weighted by atomic mass is 10.1. The quantitative estimate of drug-likeness (QED) is 0.921. The predicted octanol–water partition coefficient (Wildman–Crippen LogP) is 3.18. The van der Waals surface area contributed by atoms with Crippen LogP contribution in [0.5, 0.6) is 0 Å². The molecule has 0 aliphatic carbocycles. The van der Waals surface area contributed by atoms with Crippen LogP contribution in [0.15, 0.2) is 34.9 Å². The highest BCUT2D eigenvalue weighted by Crippen LogP contribution is 2.25. The van der Waals surface area contributed by atoms with E-state index in [1.807, 2.05) is 18.4 Å². The summed E-state index contributed by atoms with van der Waals surface area (Å²) in [5, 5.41) is 5.00. The van der Waals surface area contributed by atoms with Crippen LogP contribution in [-0.4, -0.2) is 30.1 Å². The van der Waals surface area contributed by atoms with E-state index in [1.165, 1.54) is 43.3 Å². The monoisotopic (exact) mass is 292 g/mol. The first-order valence-corrected chi connectivity index (χ1v) is 7.32. The van der Waals surface area contributed by atoms with E-state index in [9.17, 15) is 0 Å². The number of nitrogens with zero attached hydrogens (tertiary/aromatic N) is 1.